The van der Waals surface area contributed by atoms with Crippen LogP contribution in [0.1, 0.15) is 36.8 Å². The first-order chi connectivity index (χ1) is 12.3. The molecule has 0 unspecified atom stereocenters. The maximum Gasteiger partial charge on any atom is 0.258 e. The van der Waals surface area contributed by atoms with Crippen molar-refractivity contribution < 1.29 is 4.79 Å². The van der Waals surface area contributed by atoms with Crippen LogP contribution in [0.2, 0.25) is 10.0 Å². The van der Waals surface area contributed by atoms with E-state index in [4.69, 9.17) is 23.2 Å². The number of hydrogen-bond acceptors (Lipinski definition) is 3. The summed E-state index contributed by atoms with van der Waals surface area (Å²) in [6.07, 6.45) is 1.67. The number of nitrogens with one attached hydrogen (secondary N) is 1. The Hall–Kier alpha value is -2.37. The van der Waals surface area contributed by atoms with E-state index >= 15 is 0 Å². The van der Waals surface area contributed by atoms with Crippen LogP contribution in [0, 0.1) is 0 Å². The third-order valence-corrected chi connectivity index (χ3v) is 4.60. The van der Waals surface area contributed by atoms with Crippen molar-refractivity contribution in [2.75, 3.05) is 5.32 Å². The van der Waals surface area contributed by atoms with Crippen LogP contribution in [-0.2, 0) is 5.41 Å². The Balaban J connectivity index is 2.02. The lowest BCUT2D eigenvalue weighted by Gasteiger charge is -2.13. The molecule has 1 aromatic carbocycles. The van der Waals surface area contributed by atoms with Gasteiger partial charge >= 0.3 is 0 Å². The lowest BCUT2D eigenvalue weighted by Crippen LogP contribution is -2.16. The zero-order chi connectivity index (χ0) is 18.9. The lowest BCUT2D eigenvalue weighted by molar-refractivity contribution is 0.102. The second kappa shape index (κ2) is 7.09. The molecule has 1 amide bonds. The maximum atomic E-state index is 12.7. The number of halogens is 2. The Morgan fingerprint density at radius 3 is 2.54 bits per heavy atom. The van der Waals surface area contributed by atoms with Gasteiger partial charge in [0.25, 0.3) is 5.91 Å². The first kappa shape index (κ1) is 18.4. The highest BCUT2D eigenvalue weighted by molar-refractivity contribution is 6.44. The molecule has 26 heavy (non-hydrogen) atoms. The zero-order valence-corrected chi connectivity index (χ0v) is 16.1. The molecule has 0 bridgehead atoms. The SMILES string of the molecule is CC(C)(C)c1cc(NC(=O)c2cccc(Cl)c2Cl)n(-c2ccccn2)n1. The van der Waals surface area contributed by atoms with E-state index in [-0.39, 0.29) is 16.3 Å². The summed E-state index contributed by atoms with van der Waals surface area (Å²) in [6.45, 7) is 6.16. The minimum atomic E-state index is -0.366. The minimum absolute atomic E-state index is 0.187. The van der Waals surface area contributed by atoms with Crippen LogP contribution in [0.25, 0.3) is 5.82 Å². The standard InChI is InChI=1S/C19H18Cl2N4O/c1-19(2,3)14-11-16(25(24-14)15-9-4-5-10-22-15)23-18(26)12-7-6-8-13(20)17(12)21/h4-11H,1-3H3,(H,23,26). The average Bonchev–Trinajstić information content (AvgIpc) is 3.02. The lowest BCUT2D eigenvalue weighted by atomic mass is 9.92. The van der Waals surface area contributed by atoms with E-state index in [2.05, 4.69) is 36.2 Å². The quantitative estimate of drug-likeness (QED) is 0.676. The monoisotopic (exact) mass is 388 g/mol. The van der Waals surface area contributed by atoms with Gasteiger partial charge < -0.3 is 5.32 Å². The molecule has 0 fully saturated rings. The molecule has 2 aromatic heterocycles. The van der Waals surface area contributed by atoms with Gasteiger partial charge in [0.2, 0.25) is 0 Å². The van der Waals surface area contributed by atoms with Crippen molar-refractivity contribution in [2.24, 2.45) is 0 Å². The highest BCUT2D eigenvalue weighted by Crippen LogP contribution is 2.28. The third kappa shape index (κ3) is 3.74. The molecule has 134 valence electrons. The highest BCUT2D eigenvalue weighted by atomic mass is 35.5. The van der Waals surface area contributed by atoms with Gasteiger partial charge in [-0.1, -0.05) is 56.1 Å². The van der Waals surface area contributed by atoms with Crippen LogP contribution < -0.4 is 5.32 Å². The first-order valence-electron chi connectivity index (χ1n) is 8.04. The van der Waals surface area contributed by atoms with Gasteiger partial charge in [0, 0.05) is 17.7 Å². The second-order valence-electron chi connectivity index (χ2n) is 6.82. The second-order valence-corrected chi connectivity index (χ2v) is 7.61. The van der Waals surface area contributed by atoms with E-state index in [9.17, 15) is 4.79 Å². The van der Waals surface area contributed by atoms with E-state index in [1.165, 1.54) is 0 Å². The number of amides is 1. The molecule has 3 aromatic rings. The summed E-state index contributed by atoms with van der Waals surface area (Å²) in [7, 11) is 0. The topological polar surface area (TPSA) is 59.8 Å². The predicted octanol–water partition coefficient (Wildman–Crippen LogP) is 5.12. The number of carbonyl (C=O) groups excluding carboxylic acids is 1. The minimum Gasteiger partial charge on any atom is -0.306 e. The smallest absolute Gasteiger partial charge is 0.258 e. The molecular weight excluding hydrogens is 371 g/mol. The first-order valence-corrected chi connectivity index (χ1v) is 8.80. The summed E-state index contributed by atoms with van der Waals surface area (Å²) in [5, 5.41) is 8.02. The number of aromatic nitrogens is 3. The molecule has 0 saturated heterocycles. The number of carbonyl (C=O) groups is 1. The van der Waals surface area contributed by atoms with Gasteiger partial charge in [-0.25, -0.2) is 4.98 Å². The Morgan fingerprint density at radius 2 is 1.88 bits per heavy atom. The maximum absolute atomic E-state index is 12.7. The number of anilines is 1. The van der Waals surface area contributed by atoms with Gasteiger partial charge in [0.1, 0.15) is 5.82 Å². The van der Waals surface area contributed by atoms with Gasteiger partial charge in [-0.05, 0) is 24.3 Å². The van der Waals surface area contributed by atoms with Crippen LogP contribution in [0.15, 0.2) is 48.7 Å². The van der Waals surface area contributed by atoms with E-state index in [1.807, 2.05) is 24.3 Å². The van der Waals surface area contributed by atoms with Gasteiger partial charge in [-0.15, -0.1) is 0 Å². The van der Waals surface area contributed by atoms with Crippen molar-refractivity contribution in [1.82, 2.24) is 14.8 Å². The van der Waals surface area contributed by atoms with E-state index < -0.39 is 0 Å². The van der Waals surface area contributed by atoms with Crippen molar-refractivity contribution in [3.63, 3.8) is 0 Å². The fourth-order valence-electron chi connectivity index (χ4n) is 2.35. The van der Waals surface area contributed by atoms with Crippen molar-refractivity contribution in [3.05, 3.63) is 70.0 Å². The summed E-state index contributed by atoms with van der Waals surface area (Å²) in [5.41, 5.74) is 0.939. The Bertz CT molecular complexity index is 946. The van der Waals surface area contributed by atoms with E-state index in [0.29, 0.717) is 22.2 Å². The Morgan fingerprint density at radius 1 is 1.12 bits per heavy atom. The average molecular weight is 389 g/mol. The van der Waals surface area contributed by atoms with E-state index in [1.54, 1.807) is 29.1 Å². The molecule has 7 heteroatoms. The molecule has 0 aliphatic heterocycles. The van der Waals surface area contributed by atoms with Crippen LogP contribution in [0.5, 0.6) is 0 Å². The number of rotatable bonds is 3. The summed E-state index contributed by atoms with van der Waals surface area (Å²) in [6, 6.07) is 12.3. The molecule has 0 spiro atoms. The Labute approximate surface area is 162 Å². The molecule has 0 radical (unpaired) electrons. The zero-order valence-electron chi connectivity index (χ0n) is 14.6. The van der Waals surface area contributed by atoms with Crippen molar-refractivity contribution in [3.8, 4) is 5.82 Å². The molecule has 3 rings (SSSR count). The molecule has 5 nitrogen and oxygen atoms in total. The van der Waals surface area contributed by atoms with Crippen LogP contribution in [-0.4, -0.2) is 20.7 Å². The number of pyridine rings is 1. The number of benzene rings is 1. The fourth-order valence-corrected chi connectivity index (χ4v) is 2.74. The van der Waals surface area contributed by atoms with Gasteiger partial charge in [-0.2, -0.15) is 9.78 Å². The molecule has 0 aliphatic carbocycles. The summed E-state index contributed by atoms with van der Waals surface area (Å²) in [5.74, 6) is 0.750. The Kier molecular flexibility index (Phi) is 5.03. The summed E-state index contributed by atoms with van der Waals surface area (Å²) >= 11 is 12.2. The van der Waals surface area contributed by atoms with Crippen molar-refractivity contribution >= 4 is 34.9 Å². The van der Waals surface area contributed by atoms with E-state index in [0.717, 1.165) is 5.69 Å². The number of nitrogens with zero attached hydrogens (tertiary/aromatic N) is 3. The van der Waals surface area contributed by atoms with Crippen molar-refractivity contribution in [2.45, 2.75) is 26.2 Å². The number of hydrogen-bond donors (Lipinski definition) is 1. The van der Waals surface area contributed by atoms with Gasteiger partial charge in [0.05, 0.1) is 21.3 Å². The molecule has 0 atom stereocenters. The van der Waals surface area contributed by atoms with Crippen molar-refractivity contribution in [1.29, 1.82) is 0 Å². The predicted molar refractivity (Wildman–Crippen MR) is 104 cm³/mol. The molecule has 2 heterocycles. The van der Waals surface area contributed by atoms with Crippen LogP contribution in [0.3, 0.4) is 0 Å². The third-order valence-electron chi connectivity index (χ3n) is 3.78. The van der Waals surface area contributed by atoms with Gasteiger partial charge in [0.15, 0.2) is 5.82 Å². The fraction of sp³-hybridized carbons (Fsp3) is 0.211. The normalized spacial score (nSPS) is 11.4. The summed E-state index contributed by atoms with van der Waals surface area (Å²) < 4.78 is 1.61. The summed E-state index contributed by atoms with van der Waals surface area (Å²) in [4.78, 5) is 17.0. The molecular formula is C19H18Cl2N4O. The van der Waals surface area contributed by atoms with Gasteiger partial charge in [-0.3, -0.25) is 4.79 Å². The molecule has 1 N–H and O–H groups in total. The van der Waals surface area contributed by atoms with Crippen LogP contribution in [0.4, 0.5) is 5.82 Å². The highest BCUT2D eigenvalue weighted by Gasteiger charge is 2.22. The largest absolute Gasteiger partial charge is 0.306 e. The molecule has 0 saturated carbocycles. The molecule has 0 aliphatic rings. The van der Waals surface area contributed by atoms with Crippen LogP contribution >= 0.6 is 23.2 Å².